The summed E-state index contributed by atoms with van der Waals surface area (Å²) in [5, 5.41) is 11.3. The summed E-state index contributed by atoms with van der Waals surface area (Å²) in [4.78, 5) is 13.3. The quantitative estimate of drug-likeness (QED) is 0.852. The number of rotatable bonds is 5. The average Bonchev–Trinajstić information content (AvgIpc) is 2.99. The highest BCUT2D eigenvalue weighted by molar-refractivity contribution is 7.16. The first-order valence-electron chi connectivity index (χ1n) is 6.80. The van der Waals surface area contributed by atoms with Crippen LogP contribution in [-0.4, -0.2) is 12.5 Å². The van der Waals surface area contributed by atoms with Gasteiger partial charge >= 0.3 is 0 Å². The Labute approximate surface area is 132 Å². The number of amides is 1. The van der Waals surface area contributed by atoms with Gasteiger partial charge in [0, 0.05) is 27.9 Å². The second-order valence-electron chi connectivity index (χ2n) is 4.79. The van der Waals surface area contributed by atoms with Gasteiger partial charge in [0.25, 0.3) is 0 Å². The molecule has 2 aromatic rings. The van der Waals surface area contributed by atoms with Gasteiger partial charge in [-0.2, -0.15) is 5.26 Å². The number of nitrogens with one attached hydrogen (secondary N) is 1. The third-order valence-corrected chi connectivity index (χ3v) is 4.05. The van der Waals surface area contributed by atoms with Gasteiger partial charge in [-0.3, -0.25) is 4.79 Å². The minimum absolute atomic E-state index is 0.216. The molecule has 0 saturated carbocycles. The van der Waals surface area contributed by atoms with Crippen LogP contribution in [0.4, 0.5) is 4.39 Å². The number of nitriles is 1. The van der Waals surface area contributed by atoms with Gasteiger partial charge in [-0.15, -0.1) is 11.3 Å². The molecule has 1 amide bonds. The molecule has 5 heteroatoms. The average molecular weight is 314 g/mol. The maximum Gasteiger partial charge on any atom is 0.244 e. The minimum Gasteiger partial charge on any atom is -0.351 e. The first-order chi connectivity index (χ1) is 10.6. The van der Waals surface area contributed by atoms with Crippen molar-refractivity contribution in [1.82, 2.24) is 5.32 Å². The predicted octanol–water partition coefficient (Wildman–Crippen LogP) is 3.84. The number of hydrogen-bond donors (Lipinski definition) is 1. The first-order valence-corrected chi connectivity index (χ1v) is 7.62. The van der Waals surface area contributed by atoms with E-state index in [4.69, 9.17) is 5.26 Å². The standard InChI is InChI=1S/C17H15FN2OS/c1-12(10-19)11-20-17(21)9-7-13-6-8-16(22-13)14-4-2-3-5-15(14)18/h2-9,12H,11H2,1H3,(H,20,21). The van der Waals surface area contributed by atoms with Crippen LogP contribution in [0, 0.1) is 23.1 Å². The van der Waals surface area contributed by atoms with E-state index in [1.807, 2.05) is 18.2 Å². The van der Waals surface area contributed by atoms with E-state index in [0.717, 1.165) is 9.75 Å². The summed E-state index contributed by atoms with van der Waals surface area (Å²) in [6, 6.07) is 12.3. The molecule has 22 heavy (non-hydrogen) atoms. The van der Waals surface area contributed by atoms with Gasteiger partial charge in [0.2, 0.25) is 5.91 Å². The number of nitrogens with zero attached hydrogens (tertiary/aromatic N) is 1. The Bertz CT molecular complexity index is 730. The predicted molar refractivity (Wildman–Crippen MR) is 86.5 cm³/mol. The molecule has 3 nitrogen and oxygen atoms in total. The van der Waals surface area contributed by atoms with E-state index in [0.29, 0.717) is 12.1 Å². The number of halogens is 1. The fraction of sp³-hybridized carbons (Fsp3) is 0.176. The van der Waals surface area contributed by atoms with Crippen molar-refractivity contribution in [3.8, 4) is 16.5 Å². The molecule has 1 aromatic carbocycles. The highest BCUT2D eigenvalue weighted by Crippen LogP contribution is 2.30. The summed E-state index contributed by atoms with van der Waals surface area (Å²) in [5.74, 6) is -0.724. The molecule has 1 atom stereocenters. The summed E-state index contributed by atoms with van der Waals surface area (Å²) >= 11 is 1.41. The van der Waals surface area contributed by atoms with Crippen molar-refractivity contribution in [1.29, 1.82) is 5.26 Å². The Hall–Kier alpha value is -2.45. The maximum absolute atomic E-state index is 13.7. The zero-order valence-electron chi connectivity index (χ0n) is 12.0. The Morgan fingerprint density at radius 2 is 2.18 bits per heavy atom. The minimum atomic E-state index is -0.261. The Kier molecular flexibility index (Phi) is 5.45. The number of carbonyl (C=O) groups is 1. The monoisotopic (exact) mass is 314 g/mol. The zero-order chi connectivity index (χ0) is 15.9. The molecule has 0 aliphatic rings. The number of carbonyl (C=O) groups excluding carboxylic acids is 1. The van der Waals surface area contributed by atoms with Crippen molar-refractivity contribution in [2.24, 2.45) is 5.92 Å². The molecule has 0 bridgehead atoms. The fourth-order valence-electron chi connectivity index (χ4n) is 1.76. The van der Waals surface area contributed by atoms with Gasteiger partial charge in [-0.05, 0) is 31.2 Å². The van der Waals surface area contributed by atoms with Gasteiger partial charge in [0.15, 0.2) is 0 Å². The molecule has 1 heterocycles. The van der Waals surface area contributed by atoms with E-state index in [1.165, 1.54) is 23.5 Å². The SMILES string of the molecule is CC(C#N)CNC(=O)C=Cc1ccc(-c2ccccc2F)s1. The van der Waals surface area contributed by atoms with Gasteiger partial charge in [0.05, 0.1) is 12.0 Å². The summed E-state index contributed by atoms with van der Waals surface area (Å²) < 4.78 is 13.7. The summed E-state index contributed by atoms with van der Waals surface area (Å²) in [6.45, 7) is 2.06. The lowest BCUT2D eigenvalue weighted by Gasteiger charge is -2.02. The van der Waals surface area contributed by atoms with Crippen LogP contribution in [0.2, 0.25) is 0 Å². The third kappa shape index (κ3) is 4.27. The van der Waals surface area contributed by atoms with Crippen LogP contribution in [0.25, 0.3) is 16.5 Å². The van der Waals surface area contributed by atoms with Crippen LogP contribution < -0.4 is 5.32 Å². The molecular formula is C17H15FN2OS. The van der Waals surface area contributed by atoms with E-state index in [2.05, 4.69) is 5.32 Å². The van der Waals surface area contributed by atoms with Gasteiger partial charge < -0.3 is 5.32 Å². The molecular weight excluding hydrogens is 299 g/mol. The van der Waals surface area contributed by atoms with Crippen LogP contribution in [0.1, 0.15) is 11.8 Å². The van der Waals surface area contributed by atoms with Gasteiger partial charge in [0.1, 0.15) is 5.82 Å². The molecule has 1 aromatic heterocycles. The lowest BCUT2D eigenvalue weighted by molar-refractivity contribution is -0.116. The van der Waals surface area contributed by atoms with Gasteiger partial charge in [-0.1, -0.05) is 18.2 Å². The third-order valence-electron chi connectivity index (χ3n) is 2.97. The summed E-state index contributed by atoms with van der Waals surface area (Å²) in [6.07, 6.45) is 3.10. The normalized spacial score (nSPS) is 12.0. The van der Waals surface area contributed by atoms with Crippen LogP contribution in [0.15, 0.2) is 42.5 Å². The Morgan fingerprint density at radius 3 is 2.91 bits per heavy atom. The van der Waals surface area contributed by atoms with Crippen LogP contribution >= 0.6 is 11.3 Å². The molecule has 0 aliphatic carbocycles. The number of thiophene rings is 1. The van der Waals surface area contributed by atoms with Crippen molar-refractivity contribution in [2.75, 3.05) is 6.54 Å². The van der Waals surface area contributed by atoms with E-state index in [9.17, 15) is 9.18 Å². The Balaban J connectivity index is 2.01. The second kappa shape index (κ2) is 7.53. The van der Waals surface area contributed by atoms with Crippen molar-refractivity contribution >= 4 is 23.3 Å². The summed E-state index contributed by atoms with van der Waals surface area (Å²) in [7, 11) is 0. The second-order valence-corrected chi connectivity index (χ2v) is 5.91. The van der Waals surface area contributed by atoms with Crippen molar-refractivity contribution in [3.63, 3.8) is 0 Å². The molecule has 0 fully saturated rings. The van der Waals surface area contributed by atoms with Crippen molar-refractivity contribution < 1.29 is 9.18 Å². The van der Waals surface area contributed by atoms with Crippen molar-refractivity contribution in [2.45, 2.75) is 6.92 Å². The molecule has 0 aliphatic heterocycles. The number of benzene rings is 1. The highest BCUT2D eigenvalue weighted by atomic mass is 32.1. The van der Waals surface area contributed by atoms with Crippen LogP contribution in [0.3, 0.4) is 0 Å². The van der Waals surface area contributed by atoms with E-state index in [-0.39, 0.29) is 17.6 Å². The molecule has 1 unspecified atom stereocenters. The largest absolute Gasteiger partial charge is 0.351 e. The van der Waals surface area contributed by atoms with Gasteiger partial charge in [-0.25, -0.2) is 4.39 Å². The molecule has 2 rings (SSSR count). The van der Waals surface area contributed by atoms with Crippen LogP contribution in [0.5, 0.6) is 0 Å². The lowest BCUT2D eigenvalue weighted by atomic mass is 10.2. The van der Waals surface area contributed by atoms with Crippen LogP contribution in [-0.2, 0) is 4.79 Å². The summed E-state index contributed by atoms with van der Waals surface area (Å²) in [5.41, 5.74) is 0.555. The first kappa shape index (κ1) is 15.9. The van der Waals surface area contributed by atoms with E-state index in [1.54, 1.807) is 31.2 Å². The highest BCUT2D eigenvalue weighted by Gasteiger charge is 2.06. The molecule has 0 saturated heterocycles. The lowest BCUT2D eigenvalue weighted by Crippen LogP contribution is -2.25. The van der Waals surface area contributed by atoms with Crippen molar-refractivity contribution in [3.05, 3.63) is 53.2 Å². The molecule has 112 valence electrons. The van der Waals surface area contributed by atoms with E-state index < -0.39 is 0 Å². The number of hydrogen-bond acceptors (Lipinski definition) is 3. The molecule has 1 N–H and O–H groups in total. The molecule has 0 spiro atoms. The fourth-order valence-corrected chi connectivity index (χ4v) is 2.70. The van der Waals surface area contributed by atoms with E-state index >= 15 is 0 Å². The zero-order valence-corrected chi connectivity index (χ0v) is 12.9. The topological polar surface area (TPSA) is 52.9 Å². The molecule has 0 radical (unpaired) electrons. The Morgan fingerprint density at radius 1 is 1.41 bits per heavy atom. The maximum atomic E-state index is 13.7. The smallest absolute Gasteiger partial charge is 0.244 e.